The van der Waals surface area contributed by atoms with E-state index in [2.05, 4.69) is 10.6 Å². The van der Waals surface area contributed by atoms with Gasteiger partial charge in [-0.2, -0.15) is 0 Å². The van der Waals surface area contributed by atoms with Crippen molar-refractivity contribution in [2.45, 2.75) is 71.3 Å². The summed E-state index contributed by atoms with van der Waals surface area (Å²) in [5, 5.41) is 5.76. The van der Waals surface area contributed by atoms with Gasteiger partial charge in [0.25, 0.3) is 0 Å². The van der Waals surface area contributed by atoms with Crippen LogP contribution in [-0.4, -0.2) is 30.2 Å². The van der Waals surface area contributed by atoms with E-state index in [1.165, 1.54) is 19.3 Å². The lowest BCUT2D eigenvalue weighted by molar-refractivity contribution is -0.122. The Morgan fingerprint density at radius 2 is 1.65 bits per heavy atom. The quantitative estimate of drug-likeness (QED) is 0.701. The molecule has 2 amide bonds. The lowest BCUT2D eigenvalue weighted by atomic mass is 9.95. The summed E-state index contributed by atoms with van der Waals surface area (Å²) in [5.74, 6) is -0.227. The molecule has 1 aromatic rings. The topological polar surface area (TPSA) is 75.3 Å². The predicted octanol–water partition coefficient (Wildman–Crippen LogP) is 3.22. The van der Waals surface area contributed by atoms with Crippen LogP contribution in [0.25, 0.3) is 0 Å². The second-order valence-corrected chi connectivity index (χ2v) is 7.22. The van der Waals surface area contributed by atoms with Gasteiger partial charge >= 0.3 is 0 Å². The Balaban J connectivity index is 1.63. The number of amides is 2. The molecule has 0 saturated heterocycles. The minimum atomic E-state index is -0.187. The minimum Gasteiger partial charge on any atom is -0.356 e. The number of carbonyl (C=O) groups excluding carboxylic acids is 3. The summed E-state index contributed by atoms with van der Waals surface area (Å²) < 4.78 is 0. The number of hydrogen-bond donors (Lipinski definition) is 2. The Hall–Kier alpha value is -2.17. The molecule has 26 heavy (non-hydrogen) atoms. The molecule has 5 nitrogen and oxygen atoms in total. The van der Waals surface area contributed by atoms with Crippen LogP contribution in [0.4, 0.5) is 0 Å². The summed E-state index contributed by atoms with van der Waals surface area (Å²) in [6, 6.07) is 5.89. The van der Waals surface area contributed by atoms with E-state index in [9.17, 15) is 14.4 Å². The first kappa shape index (κ1) is 20.1. The van der Waals surface area contributed by atoms with Crippen molar-refractivity contribution in [1.82, 2.24) is 10.6 Å². The molecule has 2 N–H and O–H groups in total. The van der Waals surface area contributed by atoms with E-state index in [1.54, 1.807) is 6.07 Å². The second kappa shape index (κ2) is 10.1. The van der Waals surface area contributed by atoms with Crippen LogP contribution in [0.3, 0.4) is 0 Å². The molecular weight excluding hydrogens is 328 g/mol. The third-order valence-electron chi connectivity index (χ3n) is 5.05. The summed E-state index contributed by atoms with van der Waals surface area (Å²) in [6.45, 7) is 4.29. The number of carbonyl (C=O) groups is 3. The summed E-state index contributed by atoms with van der Waals surface area (Å²) in [7, 11) is 0. The maximum atomic E-state index is 12.2. The van der Waals surface area contributed by atoms with E-state index in [4.69, 9.17) is 0 Å². The molecule has 0 heterocycles. The van der Waals surface area contributed by atoms with E-state index >= 15 is 0 Å². The molecule has 0 aromatic heterocycles. The van der Waals surface area contributed by atoms with Crippen molar-refractivity contribution in [3.63, 3.8) is 0 Å². The molecule has 1 saturated carbocycles. The van der Waals surface area contributed by atoms with Crippen molar-refractivity contribution in [3.8, 4) is 0 Å². The normalized spacial score (nSPS) is 14.7. The van der Waals surface area contributed by atoms with Gasteiger partial charge in [0.05, 0.1) is 0 Å². The van der Waals surface area contributed by atoms with Crippen LogP contribution in [0, 0.1) is 13.8 Å². The Bertz CT molecular complexity index is 649. The van der Waals surface area contributed by atoms with Crippen LogP contribution < -0.4 is 10.6 Å². The number of ketones is 1. The molecule has 0 spiro atoms. The van der Waals surface area contributed by atoms with Gasteiger partial charge in [0.15, 0.2) is 5.78 Å². The predicted molar refractivity (Wildman–Crippen MR) is 102 cm³/mol. The summed E-state index contributed by atoms with van der Waals surface area (Å²) >= 11 is 0. The molecule has 1 fully saturated rings. The number of benzene rings is 1. The fourth-order valence-electron chi connectivity index (χ4n) is 3.24. The van der Waals surface area contributed by atoms with Crippen LogP contribution in [0.2, 0.25) is 0 Å². The molecule has 0 radical (unpaired) electrons. The van der Waals surface area contributed by atoms with Crippen LogP contribution in [0.5, 0.6) is 0 Å². The lowest BCUT2D eigenvalue weighted by Crippen LogP contribution is -2.38. The third-order valence-corrected chi connectivity index (χ3v) is 5.05. The largest absolute Gasteiger partial charge is 0.356 e. The number of hydrogen-bond acceptors (Lipinski definition) is 3. The van der Waals surface area contributed by atoms with Crippen molar-refractivity contribution < 1.29 is 14.4 Å². The first-order valence-corrected chi connectivity index (χ1v) is 9.62. The van der Waals surface area contributed by atoms with Crippen molar-refractivity contribution in [1.29, 1.82) is 0 Å². The molecule has 0 aliphatic heterocycles. The van der Waals surface area contributed by atoms with Gasteiger partial charge in [-0.3, -0.25) is 14.4 Å². The van der Waals surface area contributed by atoms with Gasteiger partial charge < -0.3 is 10.6 Å². The average molecular weight is 358 g/mol. The van der Waals surface area contributed by atoms with Gasteiger partial charge in [0.2, 0.25) is 11.8 Å². The molecule has 0 bridgehead atoms. The third kappa shape index (κ3) is 6.62. The maximum Gasteiger partial charge on any atom is 0.221 e. The zero-order valence-electron chi connectivity index (χ0n) is 15.9. The summed E-state index contributed by atoms with van der Waals surface area (Å²) in [5.41, 5.74) is 2.86. The standard InChI is InChI=1S/C21H30N2O3/c1-15-8-9-17(14-16(15)2)19(24)10-11-20(25)22-13-12-21(26)23-18-6-4-3-5-7-18/h8-9,14,18H,3-7,10-13H2,1-2H3,(H,22,25)(H,23,26). The molecule has 1 aliphatic rings. The molecule has 0 unspecified atom stereocenters. The monoisotopic (exact) mass is 358 g/mol. The fourth-order valence-corrected chi connectivity index (χ4v) is 3.24. The SMILES string of the molecule is Cc1ccc(C(=O)CCC(=O)NCCC(=O)NC2CCCCC2)cc1C. The Morgan fingerprint density at radius 3 is 2.35 bits per heavy atom. The van der Waals surface area contributed by atoms with Crippen LogP contribution in [0.1, 0.15) is 72.9 Å². The van der Waals surface area contributed by atoms with E-state index in [0.29, 0.717) is 18.2 Å². The number of nitrogens with one attached hydrogen (secondary N) is 2. The molecule has 0 atom stereocenters. The smallest absolute Gasteiger partial charge is 0.221 e. The van der Waals surface area contributed by atoms with Crippen molar-refractivity contribution in [3.05, 3.63) is 34.9 Å². The molecule has 1 aromatic carbocycles. The van der Waals surface area contributed by atoms with Crippen molar-refractivity contribution in [2.24, 2.45) is 0 Å². The fraction of sp³-hybridized carbons (Fsp3) is 0.571. The zero-order chi connectivity index (χ0) is 18.9. The highest BCUT2D eigenvalue weighted by Gasteiger charge is 2.15. The average Bonchev–Trinajstić information content (AvgIpc) is 2.62. The van der Waals surface area contributed by atoms with Crippen LogP contribution >= 0.6 is 0 Å². The van der Waals surface area contributed by atoms with E-state index in [1.807, 2.05) is 26.0 Å². The number of rotatable bonds is 8. The van der Waals surface area contributed by atoms with Gasteiger partial charge in [-0.05, 0) is 43.9 Å². The second-order valence-electron chi connectivity index (χ2n) is 7.22. The summed E-state index contributed by atoms with van der Waals surface area (Å²) in [6.07, 6.45) is 6.33. The van der Waals surface area contributed by atoms with Gasteiger partial charge in [-0.15, -0.1) is 0 Å². The van der Waals surface area contributed by atoms with Crippen molar-refractivity contribution >= 4 is 17.6 Å². The minimum absolute atomic E-state index is 0.0107. The van der Waals surface area contributed by atoms with Crippen LogP contribution in [-0.2, 0) is 9.59 Å². The first-order valence-electron chi connectivity index (χ1n) is 9.62. The Kier molecular flexibility index (Phi) is 7.82. The Morgan fingerprint density at radius 1 is 0.923 bits per heavy atom. The first-order chi connectivity index (χ1) is 12.5. The highest BCUT2D eigenvalue weighted by molar-refractivity contribution is 5.98. The zero-order valence-corrected chi connectivity index (χ0v) is 15.9. The highest BCUT2D eigenvalue weighted by atomic mass is 16.2. The molecule has 5 heteroatoms. The Labute approximate surface area is 155 Å². The molecular formula is C21H30N2O3. The van der Waals surface area contributed by atoms with E-state index in [0.717, 1.165) is 24.0 Å². The molecule has 1 aliphatic carbocycles. The van der Waals surface area contributed by atoms with E-state index in [-0.39, 0.29) is 36.9 Å². The summed E-state index contributed by atoms with van der Waals surface area (Å²) in [4.78, 5) is 35.9. The maximum absolute atomic E-state index is 12.2. The van der Waals surface area contributed by atoms with Gasteiger partial charge in [-0.1, -0.05) is 31.4 Å². The van der Waals surface area contributed by atoms with Gasteiger partial charge in [-0.25, -0.2) is 0 Å². The van der Waals surface area contributed by atoms with Crippen LogP contribution in [0.15, 0.2) is 18.2 Å². The number of aryl methyl sites for hydroxylation is 2. The highest BCUT2D eigenvalue weighted by Crippen LogP contribution is 2.17. The number of Topliss-reactive ketones (excluding diaryl/α,β-unsaturated/α-hetero) is 1. The molecule has 142 valence electrons. The molecule has 2 rings (SSSR count). The van der Waals surface area contributed by atoms with Gasteiger partial charge in [0.1, 0.15) is 0 Å². The van der Waals surface area contributed by atoms with Crippen molar-refractivity contribution in [2.75, 3.05) is 6.54 Å². The van der Waals surface area contributed by atoms with E-state index < -0.39 is 0 Å². The lowest BCUT2D eigenvalue weighted by Gasteiger charge is -2.22. The van der Waals surface area contributed by atoms with Gasteiger partial charge in [0, 0.05) is 37.4 Å².